The van der Waals surface area contributed by atoms with Gasteiger partial charge in [-0.15, -0.1) is 0 Å². The number of carbonyl (C=O) groups is 2. The number of methoxy groups -OCH3 is 1. The number of hydrogen-bond donors (Lipinski definition) is 0. The highest BCUT2D eigenvalue weighted by Crippen LogP contribution is 2.36. The molecule has 1 unspecified atom stereocenters. The molecule has 3 nitrogen and oxygen atoms in total. The van der Waals surface area contributed by atoms with Crippen molar-refractivity contribution in [1.82, 2.24) is 0 Å². The van der Waals surface area contributed by atoms with Crippen LogP contribution in [0.1, 0.15) is 41.6 Å². The third kappa shape index (κ3) is 3.46. The summed E-state index contributed by atoms with van der Waals surface area (Å²) in [6.45, 7) is 0. The summed E-state index contributed by atoms with van der Waals surface area (Å²) in [5.74, 6) is -5.62. The molecule has 1 aliphatic carbocycles. The molecule has 0 aliphatic heterocycles. The van der Waals surface area contributed by atoms with Crippen LogP contribution in [0.25, 0.3) is 0 Å². The number of alkyl halides is 2. The van der Waals surface area contributed by atoms with Crippen molar-refractivity contribution in [2.45, 2.75) is 38.0 Å². The molecule has 1 fully saturated rings. The molecule has 0 radical (unpaired) electrons. The molecule has 21 heavy (non-hydrogen) atoms. The molecule has 0 N–H and O–H groups in total. The first-order valence-electron chi connectivity index (χ1n) is 7.03. The van der Waals surface area contributed by atoms with Gasteiger partial charge >= 0.3 is 11.9 Å². The van der Waals surface area contributed by atoms with Crippen LogP contribution in [0.2, 0.25) is 0 Å². The van der Waals surface area contributed by atoms with Gasteiger partial charge < -0.3 is 4.74 Å². The van der Waals surface area contributed by atoms with Gasteiger partial charge in [0.2, 0.25) is 5.78 Å². The van der Waals surface area contributed by atoms with E-state index in [9.17, 15) is 18.4 Å². The minimum atomic E-state index is -3.25. The van der Waals surface area contributed by atoms with Gasteiger partial charge in [0.05, 0.1) is 12.7 Å². The van der Waals surface area contributed by atoms with Crippen molar-refractivity contribution in [2.24, 2.45) is 5.92 Å². The summed E-state index contributed by atoms with van der Waals surface area (Å²) >= 11 is 0. The van der Waals surface area contributed by atoms with E-state index in [1.807, 2.05) is 0 Å². The van der Waals surface area contributed by atoms with E-state index < -0.39 is 23.6 Å². The maximum atomic E-state index is 14.0. The summed E-state index contributed by atoms with van der Waals surface area (Å²) in [6.07, 6.45) is 1.63. The zero-order valence-electron chi connectivity index (χ0n) is 11.9. The van der Waals surface area contributed by atoms with Crippen molar-refractivity contribution < 1.29 is 23.1 Å². The second-order valence-corrected chi connectivity index (χ2v) is 5.38. The molecule has 1 aromatic carbocycles. The highest BCUT2D eigenvalue weighted by molar-refractivity contribution is 5.89. The van der Waals surface area contributed by atoms with E-state index >= 15 is 0 Å². The number of halogens is 2. The van der Waals surface area contributed by atoms with Gasteiger partial charge in [0, 0.05) is 12.3 Å². The molecule has 0 amide bonds. The van der Waals surface area contributed by atoms with Gasteiger partial charge in [-0.3, -0.25) is 4.79 Å². The van der Waals surface area contributed by atoms with Crippen LogP contribution < -0.4 is 0 Å². The Labute approximate surface area is 122 Å². The lowest BCUT2D eigenvalue weighted by Crippen LogP contribution is -2.37. The van der Waals surface area contributed by atoms with Gasteiger partial charge in [0.15, 0.2) is 0 Å². The molecule has 1 aromatic rings. The Morgan fingerprint density at radius 3 is 2.57 bits per heavy atom. The second-order valence-electron chi connectivity index (χ2n) is 5.38. The molecular weight excluding hydrogens is 278 g/mol. The number of carbonyl (C=O) groups excluding carboxylic acids is 2. The van der Waals surface area contributed by atoms with E-state index in [0.29, 0.717) is 30.4 Å². The van der Waals surface area contributed by atoms with Crippen LogP contribution >= 0.6 is 0 Å². The highest BCUT2D eigenvalue weighted by atomic mass is 19.3. The molecule has 0 saturated heterocycles. The van der Waals surface area contributed by atoms with E-state index in [4.69, 9.17) is 0 Å². The van der Waals surface area contributed by atoms with Crippen LogP contribution in [0.4, 0.5) is 8.78 Å². The molecule has 2 rings (SSSR count). The third-order valence-electron chi connectivity index (χ3n) is 3.95. The summed E-state index contributed by atoms with van der Waals surface area (Å²) in [4.78, 5) is 22.8. The lowest BCUT2D eigenvalue weighted by atomic mass is 9.88. The van der Waals surface area contributed by atoms with Crippen LogP contribution in [-0.2, 0) is 16.0 Å². The zero-order valence-corrected chi connectivity index (χ0v) is 11.9. The highest BCUT2D eigenvalue weighted by Gasteiger charge is 2.46. The van der Waals surface area contributed by atoms with Gasteiger partial charge in [-0.1, -0.05) is 18.6 Å². The van der Waals surface area contributed by atoms with Crippen molar-refractivity contribution in [3.8, 4) is 0 Å². The number of rotatable bonds is 3. The SMILES string of the molecule is COC(=O)c1ccc(CC2CCCCC(=O)C2(F)F)cc1. The van der Waals surface area contributed by atoms with E-state index in [0.717, 1.165) is 0 Å². The van der Waals surface area contributed by atoms with E-state index in [-0.39, 0.29) is 12.8 Å². The number of esters is 1. The molecule has 1 saturated carbocycles. The van der Waals surface area contributed by atoms with Crippen molar-refractivity contribution in [1.29, 1.82) is 0 Å². The van der Waals surface area contributed by atoms with Crippen molar-refractivity contribution in [2.75, 3.05) is 7.11 Å². The molecule has 114 valence electrons. The molecule has 0 heterocycles. The fourth-order valence-electron chi connectivity index (χ4n) is 2.66. The average Bonchev–Trinajstić information content (AvgIpc) is 2.60. The first-order chi connectivity index (χ1) is 9.95. The monoisotopic (exact) mass is 296 g/mol. The average molecular weight is 296 g/mol. The number of ketones is 1. The van der Waals surface area contributed by atoms with E-state index in [1.54, 1.807) is 24.3 Å². The van der Waals surface area contributed by atoms with E-state index in [1.165, 1.54) is 7.11 Å². The Morgan fingerprint density at radius 2 is 1.95 bits per heavy atom. The smallest absolute Gasteiger partial charge is 0.337 e. The van der Waals surface area contributed by atoms with Gasteiger partial charge in [0.1, 0.15) is 0 Å². The maximum Gasteiger partial charge on any atom is 0.337 e. The summed E-state index contributed by atoms with van der Waals surface area (Å²) in [6, 6.07) is 6.38. The summed E-state index contributed by atoms with van der Waals surface area (Å²) < 4.78 is 32.7. The zero-order chi connectivity index (χ0) is 15.5. The molecule has 5 heteroatoms. The van der Waals surface area contributed by atoms with Gasteiger partial charge in [0.25, 0.3) is 0 Å². The summed E-state index contributed by atoms with van der Waals surface area (Å²) in [7, 11) is 1.29. The van der Waals surface area contributed by atoms with Gasteiger partial charge in [-0.2, -0.15) is 8.78 Å². The van der Waals surface area contributed by atoms with Crippen molar-refractivity contribution in [3.63, 3.8) is 0 Å². The molecule has 1 atom stereocenters. The Balaban J connectivity index is 2.12. The molecule has 0 bridgehead atoms. The van der Waals surface area contributed by atoms with Crippen molar-refractivity contribution in [3.05, 3.63) is 35.4 Å². The van der Waals surface area contributed by atoms with Crippen LogP contribution in [0.15, 0.2) is 24.3 Å². The minimum Gasteiger partial charge on any atom is -0.465 e. The normalized spacial score (nSPS) is 21.7. The largest absolute Gasteiger partial charge is 0.465 e. The topological polar surface area (TPSA) is 43.4 Å². The predicted octanol–water partition coefficient (Wildman–Crippen LogP) is 3.41. The lowest BCUT2D eigenvalue weighted by Gasteiger charge is -2.23. The summed E-state index contributed by atoms with van der Waals surface area (Å²) in [5.41, 5.74) is 1.08. The first kappa shape index (κ1) is 15.6. The van der Waals surface area contributed by atoms with Crippen LogP contribution in [0.5, 0.6) is 0 Å². The summed E-state index contributed by atoms with van der Waals surface area (Å²) in [5, 5.41) is 0. The number of hydrogen-bond acceptors (Lipinski definition) is 3. The Morgan fingerprint density at radius 1 is 1.29 bits per heavy atom. The van der Waals surface area contributed by atoms with Crippen molar-refractivity contribution >= 4 is 11.8 Å². The minimum absolute atomic E-state index is 0.0369. The molecular formula is C16H18F2O3. The second kappa shape index (κ2) is 6.33. The molecule has 0 spiro atoms. The maximum absolute atomic E-state index is 14.0. The number of Topliss-reactive ketones (excluding diaryl/α,β-unsaturated/α-hetero) is 1. The standard InChI is InChI=1S/C16H18F2O3/c1-21-15(20)12-8-6-11(7-9-12)10-13-4-2-3-5-14(19)16(13,17)18/h6-9,13H,2-5,10H2,1H3. The quantitative estimate of drug-likeness (QED) is 0.634. The van der Waals surface area contributed by atoms with Crippen LogP contribution in [0.3, 0.4) is 0 Å². The number of ether oxygens (including phenoxy) is 1. The fraction of sp³-hybridized carbons (Fsp3) is 0.500. The lowest BCUT2D eigenvalue weighted by molar-refractivity contribution is -0.150. The third-order valence-corrected chi connectivity index (χ3v) is 3.95. The van der Waals surface area contributed by atoms with Gasteiger partial charge in [-0.05, 0) is 37.0 Å². The first-order valence-corrected chi connectivity index (χ1v) is 7.03. The Hall–Kier alpha value is -1.78. The number of benzene rings is 1. The Bertz CT molecular complexity index is 523. The van der Waals surface area contributed by atoms with Crippen LogP contribution in [0, 0.1) is 5.92 Å². The molecule has 0 aromatic heterocycles. The van der Waals surface area contributed by atoms with Gasteiger partial charge in [-0.25, -0.2) is 4.79 Å². The van der Waals surface area contributed by atoms with Crippen LogP contribution in [-0.4, -0.2) is 24.8 Å². The fourth-order valence-corrected chi connectivity index (χ4v) is 2.66. The predicted molar refractivity (Wildman–Crippen MR) is 73.4 cm³/mol. The van der Waals surface area contributed by atoms with E-state index in [2.05, 4.69) is 4.74 Å². The Kier molecular flexibility index (Phi) is 4.70. The molecule has 1 aliphatic rings.